The van der Waals surface area contributed by atoms with Gasteiger partial charge >= 0.3 is 0 Å². The Labute approximate surface area is 129 Å². The molecule has 0 radical (unpaired) electrons. The third-order valence-electron chi connectivity index (χ3n) is 3.14. The number of nitrogens with one attached hydrogen (secondary N) is 1. The van der Waals surface area contributed by atoms with Gasteiger partial charge in [-0.05, 0) is 50.0 Å². The summed E-state index contributed by atoms with van der Waals surface area (Å²) in [6, 6.07) is 7.01. The first kappa shape index (κ1) is 15.5. The SMILES string of the molecule is CCNC(CSc1nc(C)ns1)c1cc(C)ccc1C. The molecule has 0 aliphatic heterocycles. The number of thioether (sulfide) groups is 1. The Morgan fingerprint density at radius 3 is 2.75 bits per heavy atom. The first-order valence-corrected chi connectivity index (χ1v) is 8.59. The molecule has 0 spiro atoms. The number of nitrogens with zero attached hydrogens (tertiary/aromatic N) is 2. The molecule has 1 aromatic heterocycles. The van der Waals surface area contributed by atoms with Crippen molar-refractivity contribution in [3.63, 3.8) is 0 Å². The van der Waals surface area contributed by atoms with E-state index >= 15 is 0 Å². The molecule has 2 aromatic rings. The molecule has 20 heavy (non-hydrogen) atoms. The van der Waals surface area contributed by atoms with Crippen molar-refractivity contribution in [1.82, 2.24) is 14.7 Å². The minimum Gasteiger partial charge on any atom is -0.309 e. The van der Waals surface area contributed by atoms with Gasteiger partial charge in [-0.25, -0.2) is 4.98 Å². The Bertz CT molecular complexity index is 566. The average molecular weight is 307 g/mol. The van der Waals surface area contributed by atoms with E-state index in [-0.39, 0.29) is 0 Å². The molecule has 108 valence electrons. The summed E-state index contributed by atoms with van der Waals surface area (Å²) in [7, 11) is 0. The monoisotopic (exact) mass is 307 g/mol. The summed E-state index contributed by atoms with van der Waals surface area (Å²) in [5.74, 6) is 1.84. The van der Waals surface area contributed by atoms with Gasteiger partial charge in [0.1, 0.15) is 5.82 Å². The third kappa shape index (κ3) is 4.04. The lowest BCUT2D eigenvalue weighted by molar-refractivity contribution is 0.602. The maximum atomic E-state index is 4.42. The number of rotatable bonds is 6. The fourth-order valence-corrected chi connectivity index (χ4v) is 3.89. The fraction of sp³-hybridized carbons (Fsp3) is 0.467. The smallest absolute Gasteiger partial charge is 0.170 e. The molecule has 1 heterocycles. The van der Waals surface area contributed by atoms with Gasteiger partial charge in [-0.3, -0.25) is 0 Å². The highest BCUT2D eigenvalue weighted by Gasteiger charge is 2.14. The summed E-state index contributed by atoms with van der Waals surface area (Å²) in [6.45, 7) is 9.38. The van der Waals surface area contributed by atoms with Crippen molar-refractivity contribution in [1.29, 1.82) is 0 Å². The van der Waals surface area contributed by atoms with Crippen molar-refractivity contribution < 1.29 is 0 Å². The number of benzene rings is 1. The van der Waals surface area contributed by atoms with E-state index in [0.717, 1.165) is 22.5 Å². The summed E-state index contributed by atoms with van der Waals surface area (Å²) in [5.41, 5.74) is 4.04. The van der Waals surface area contributed by atoms with Gasteiger partial charge in [-0.2, -0.15) is 4.37 Å². The van der Waals surface area contributed by atoms with Crippen molar-refractivity contribution in [2.75, 3.05) is 12.3 Å². The molecule has 1 N–H and O–H groups in total. The van der Waals surface area contributed by atoms with Crippen LogP contribution in [0.25, 0.3) is 0 Å². The molecule has 0 fully saturated rings. The molecule has 0 amide bonds. The van der Waals surface area contributed by atoms with Crippen LogP contribution in [0.1, 0.15) is 35.5 Å². The standard InChI is InChI=1S/C15H21N3S2/c1-5-16-14(9-19-15-17-12(4)18-20-15)13-8-10(2)6-7-11(13)3/h6-8,14,16H,5,9H2,1-4H3. The molecule has 0 saturated heterocycles. The number of aromatic nitrogens is 2. The van der Waals surface area contributed by atoms with Gasteiger partial charge in [0.05, 0.1) is 0 Å². The van der Waals surface area contributed by atoms with Crippen molar-refractivity contribution in [3.8, 4) is 0 Å². The highest BCUT2D eigenvalue weighted by molar-refractivity contribution is 8.00. The van der Waals surface area contributed by atoms with E-state index in [9.17, 15) is 0 Å². The molecule has 0 saturated carbocycles. The predicted octanol–water partition coefficient (Wildman–Crippen LogP) is 3.91. The van der Waals surface area contributed by atoms with E-state index in [1.165, 1.54) is 28.2 Å². The van der Waals surface area contributed by atoms with Crippen molar-refractivity contribution in [2.24, 2.45) is 0 Å². The van der Waals surface area contributed by atoms with Gasteiger partial charge in [0.25, 0.3) is 0 Å². The molecular formula is C15H21N3S2. The Morgan fingerprint density at radius 1 is 1.30 bits per heavy atom. The van der Waals surface area contributed by atoms with Gasteiger partial charge in [-0.15, -0.1) is 0 Å². The van der Waals surface area contributed by atoms with Gasteiger partial charge in [0.2, 0.25) is 0 Å². The van der Waals surface area contributed by atoms with Crippen LogP contribution in [0.5, 0.6) is 0 Å². The molecule has 1 atom stereocenters. The first-order chi connectivity index (χ1) is 9.60. The van der Waals surface area contributed by atoms with Gasteiger partial charge in [0, 0.05) is 11.8 Å². The predicted molar refractivity (Wildman–Crippen MR) is 87.7 cm³/mol. The molecule has 1 aromatic carbocycles. The summed E-state index contributed by atoms with van der Waals surface area (Å²) < 4.78 is 5.29. The number of hydrogen-bond acceptors (Lipinski definition) is 5. The zero-order chi connectivity index (χ0) is 14.5. The molecule has 5 heteroatoms. The highest BCUT2D eigenvalue weighted by Crippen LogP contribution is 2.28. The summed E-state index contributed by atoms with van der Waals surface area (Å²) in [6.07, 6.45) is 0. The minimum atomic E-state index is 0.356. The van der Waals surface area contributed by atoms with E-state index in [4.69, 9.17) is 0 Å². The van der Waals surface area contributed by atoms with Crippen LogP contribution in [-0.2, 0) is 0 Å². The lowest BCUT2D eigenvalue weighted by Crippen LogP contribution is -2.23. The van der Waals surface area contributed by atoms with Crippen LogP contribution in [0.15, 0.2) is 22.5 Å². The van der Waals surface area contributed by atoms with Crippen LogP contribution in [-0.4, -0.2) is 21.7 Å². The van der Waals surface area contributed by atoms with Gasteiger partial charge < -0.3 is 5.32 Å². The Balaban J connectivity index is 2.11. The van der Waals surface area contributed by atoms with Gasteiger partial charge in [0.15, 0.2) is 4.34 Å². The van der Waals surface area contributed by atoms with E-state index in [1.54, 1.807) is 11.8 Å². The summed E-state index contributed by atoms with van der Waals surface area (Å²) in [5, 5.41) is 3.58. The second-order valence-corrected chi connectivity index (χ2v) is 6.91. The average Bonchev–Trinajstić information content (AvgIpc) is 2.83. The van der Waals surface area contributed by atoms with Crippen LogP contribution < -0.4 is 5.32 Å². The van der Waals surface area contributed by atoms with Crippen LogP contribution in [0.2, 0.25) is 0 Å². The molecule has 3 nitrogen and oxygen atoms in total. The van der Waals surface area contributed by atoms with E-state index < -0.39 is 0 Å². The van der Waals surface area contributed by atoms with Crippen LogP contribution in [0.4, 0.5) is 0 Å². The van der Waals surface area contributed by atoms with Crippen LogP contribution in [0.3, 0.4) is 0 Å². The lowest BCUT2D eigenvalue weighted by Gasteiger charge is -2.20. The number of hydrogen-bond donors (Lipinski definition) is 1. The number of aryl methyl sites for hydroxylation is 3. The highest BCUT2D eigenvalue weighted by atomic mass is 32.2. The molecule has 2 rings (SSSR count). The zero-order valence-corrected chi connectivity index (χ0v) is 14.1. The fourth-order valence-electron chi connectivity index (χ4n) is 2.13. The van der Waals surface area contributed by atoms with Gasteiger partial charge in [-0.1, -0.05) is 42.4 Å². The molecule has 0 aliphatic rings. The molecule has 1 unspecified atom stereocenters. The van der Waals surface area contributed by atoms with Crippen molar-refractivity contribution in [3.05, 3.63) is 40.7 Å². The Morgan fingerprint density at radius 2 is 2.10 bits per heavy atom. The Kier molecular flexibility index (Phi) is 5.57. The topological polar surface area (TPSA) is 37.8 Å². The normalized spacial score (nSPS) is 12.6. The largest absolute Gasteiger partial charge is 0.309 e. The zero-order valence-electron chi connectivity index (χ0n) is 12.4. The van der Waals surface area contributed by atoms with Crippen molar-refractivity contribution in [2.45, 2.75) is 38.1 Å². The second kappa shape index (κ2) is 7.20. The van der Waals surface area contributed by atoms with E-state index in [0.29, 0.717) is 6.04 Å². The van der Waals surface area contributed by atoms with E-state index in [1.807, 2.05) is 6.92 Å². The molecule has 0 aliphatic carbocycles. The first-order valence-electron chi connectivity index (χ1n) is 6.83. The molecular weight excluding hydrogens is 286 g/mol. The lowest BCUT2D eigenvalue weighted by atomic mass is 10.00. The second-order valence-electron chi connectivity index (χ2n) is 4.89. The molecule has 0 bridgehead atoms. The van der Waals surface area contributed by atoms with Crippen molar-refractivity contribution >= 4 is 23.3 Å². The third-order valence-corrected chi connectivity index (χ3v) is 5.16. The Hall–Kier alpha value is -0.910. The van der Waals surface area contributed by atoms with Crippen LogP contribution in [0, 0.1) is 20.8 Å². The van der Waals surface area contributed by atoms with E-state index in [2.05, 4.69) is 53.6 Å². The minimum absolute atomic E-state index is 0.356. The maximum Gasteiger partial charge on any atom is 0.170 e. The maximum absolute atomic E-state index is 4.42. The van der Waals surface area contributed by atoms with Crippen LogP contribution >= 0.6 is 23.3 Å². The summed E-state index contributed by atoms with van der Waals surface area (Å²) >= 11 is 3.27. The quantitative estimate of drug-likeness (QED) is 0.821. The summed E-state index contributed by atoms with van der Waals surface area (Å²) in [4.78, 5) is 4.42.